The van der Waals surface area contributed by atoms with Crippen molar-refractivity contribution in [3.05, 3.63) is 75.3 Å². The Labute approximate surface area is 158 Å². The van der Waals surface area contributed by atoms with E-state index in [9.17, 15) is 9.59 Å². The number of carbonyl (C=O) groups excluding carboxylic acids is 1. The van der Waals surface area contributed by atoms with E-state index >= 15 is 0 Å². The lowest BCUT2D eigenvalue weighted by Crippen LogP contribution is -2.15. The molecule has 0 aliphatic carbocycles. The van der Waals surface area contributed by atoms with E-state index in [-0.39, 0.29) is 16.9 Å². The first-order chi connectivity index (χ1) is 12.9. The first kappa shape index (κ1) is 17.0. The summed E-state index contributed by atoms with van der Waals surface area (Å²) in [5, 5.41) is 0.469. The quantitative estimate of drug-likeness (QED) is 0.570. The van der Waals surface area contributed by atoms with Gasteiger partial charge in [0.25, 0.3) is 5.91 Å². The molecule has 134 valence electrons. The lowest BCUT2D eigenvalue weighted by molar-refractivity contribution is 0.0997. The molecule has 0 radical (unpaired) electrons. The number of hydrogen-bond donors (Lipinski definition) is 2. The molecule has 0 atom stereocenters. The highest BCUT2D eigenvalue weighted by atomic mass is 35.5. The first-order valence-electron chi connectivity index (χ1n) is 8.09. The predicted molar refractivity (Wildman–Crippen MR) is 103 cm³/mol. The Morgan fingerprint density at radius 3 is 2.56 bits per heavy atom. The van der Waals surface area contributed by atoms with E-state index in [0.29, 0.717) is 22.1 Å². The van der Waals surface area contributed by atoms with Crippen LogP contribution < -0.4 is 11.4 Å². The van der Waals surface area contributed by atoms with Gasteiger partial charge in [0, 0.05) is 10.6 Å². The molecular formula is C19H14ClN5O2. The van der Waals surface area contributed by atoms with E-state index in [2.05, 4.69) is 15.0 Å². The second-order valence-corrected chi connectivity index (χ2v) is 6.51. The molecule has 1 amide bonds. The fourth-order valence-corrected chi connectivity index (χ4v) is 3.03. The number of amides is 1. The van der Waals surface area contributed by atoms with Crippen LogP contribution in [0.15, 0.2) is 53.3 Å². The second-order valence-electron chi connectivity index (χ2n) is 6.07. The third-order valence-corrected chi connectivity index (χ3v) is 4.38. The monoisotopic (exact) mass is 379 g/mol. The van der Waals surface area contributed by atoms with Gasteiger partial charge in [-0.05, 0) is 25.1 Å². The largest absolute Gasteiger partial charge is 0.364 e. The highest BCUT2D eigenvalue weighted by Gasteiger charge is 2.20. The summed E-state index contributed by atoms with van der Waals surface area (Å²) in [5.74, 6) is -0.457. The van der Waals surface area contributed by atoms with Gasteiger partial charge in [-0.1, -0.05) is 47.5 Å². The number of aromatic amines is 1. The molecule has 0 aliphatic heterocycles. The Bertz CT molecular complexity index is 1240. The molecular weight excluding hydrogens is 366 g/mol. The average molecular weight is 380 g/mol. The molecule has 0 fully saturated rings. The molecule has 27 heavy (non-hydrogen) atoms. The molecule has 8 heteroatoms. The van der Waals surface area contributed by atoms with Gasteiger partial charge in [-0.2, -0.15) is 0 Å². The first-order valence-corrected chi connectivity index (χ1v) is 8.47. The number of rotatable bonds is 3. The van der Waals surface area contributed by atoms with Crippen LogP contribution in [0.2, 0.25) is 5.02 Å². The highest BCUT2D eigenvalue weighted by molar-refractivity contribution is 6.30. The summed E-state index contributed by atoms with van der Waals surface area (Å²) in [6.45, 7) is 1.96. The van der Waals surface area contributed by atoms with Crippen molar-refractivity contribution in [3.8, 4) is 17.1 Å². The number of H-pyrrole nitrogens is 1. The summed E-state index contributed by atoms with van der Waals surface area (Å²) in [6, 6.07) is 14.3. The highest BCUT2D eigenvalue weighted by Crippen LogP contribution is 2.23. The third kappa shape index (κ3) is 2.98. The van der Waals surface area contributed by atoms with Crippen molar-refractivity contribution in [1.29, 1.82) is 0 Å². The van der Waals surface area contributed by atoms with Crippen LogP contribution in [0, 0.1) is 6.92 Å². The van der Waals surface area contributed by atoms with Crippen LogP contribution in [0.1, 0.15) is 16.1 Å². The minimum absolute atomic E-state index is 0.0477. The Morgan fingerprint density at radius 2 is 1.89 bits per heavy atom. The predicted octanol–water partition coefficient (Wildman–Crippen LogP) is 2.84. The number of halogens is 1. The Kier molecular flexibility index (Phi) is 4.01. The van der Waals surface area contributed by atoms with Gasteiger partial charge in [0.2, 0.25) is 0 Å². The number of fused-ring (bicyclic) bond motifs is 1. The van der Waals surface area contributed by atoms with Crippen LogP contribution in [-0.2, 0) is 0 Å². The van der Waals surface area contributed by atoms with Crippen LogP contribution in [0.3, 0.4) is 0 Å². The zero-order valence-electron chi connectivity index (χ0n) is 14.2. The van der Waals surface area contributed by atoms with Crippen molar-refractivity contribution >= 4 is 28.7 Å². The summed E-state index contributed by atoms with van der Waals surface area (Å²) in [4.78, 5) is 35.9. The molecule has 4 rings (SSSR count). The van der Waals surface area contributed by atoms with Gasteiger partial charge in [0.1, 0.15) is 5.52 Å². The van der Waals surface area contributed by atoms with Gasteiger partial charge in [0.15, 0.2) is 17.2 Å². The zero-order chi connectivity index (χ0) is 19.1. The van der Waals surface area contributed by atoms with Crippen LogP contribution >= 0.6 is 11.6 Å². The molecule has 0 aliphatic rings. The number of aryl methyl sites for hydroxylation is 1. The SMILES string of the molecule is Cc1ccc(-c2nc(C(N)=O)c3[nH]c(=O)n(-c4cccc(Cl)c4)c3n2)cc1. The van der Waals surface area contributed by atoms with Gasteiger partial charge in [0.05, 0.1) is 5.69 Å². The van der Waals surface area contributed by atoms with Gasteiger partial charge in [-0.3, -0.25) is 4.79 Å². The van der Waals surface area contributed by atoms with Crippen LogP contribution in [0.25, 0.3) is 28.2 Å². The van der Waals surface area contributed by atoms with Crippen molar-refractivity contribution in [3.63, 3.8) is 0 Å². The maximum absolute atomic E-state index is 12.6. The van der Waals surface area contributed by atoms with Crippen molar-refractivity contribution in [2.24, 2.45) is 5.73 Å². The average Bonchev–Trinajstić information content (AvgIpc) is 2.97. The van der Waals surface area contributed by atoms with E-state index in [4.69, 9.17) is 17.3 Å². The summed E-state index contributed by atoms with van der Waals surface area (Å²) < 4.78 is 1.34. The molecule has 0 saturated carbocycles. The van der Waals surface area contributed by atoms with Crippen LogP contribution in [0.4, 0.5) is 0 Å². The van der Waals surface area contributed by atoms with E-state index in [1.807, 2.05) is 31.2 Å². The number of primary amides is 1. The van der Waals surface area contributed by atoms with Crippen molar-refractivity contribution in [2.45, 2.75) is 6.92 Å². The fourth-order valence-electron chi connectivity index (χ4n) is 2.85. The number of carbonyl (C=O) groups is 1. The number of hydrogen-bond acceptors (Lipinski definition) is 4. The number of nitrogens with two attached hydrogens (primary N) is 1. The van der Waals surface area contributed by atoms with Gasteiger partial charge < -0.3 is 10.7 Å². The third-order valence-electron chi connectivity index (χ3n) is 4.15. The molecule has 4 aromatic rings. The number of nitrogens with one attached hydrogen (secondary N) is 1. The zero-order valence-corrected chi connectivity index (χ0v) is 15.0. The van der Waals surface area contributed by atoms with Gasteiger partial charge in [-0.25, -0.2) is 19.3 Å². The number of aromatic nitrogens is 4. The van der Waals surface area contributed by atoms with E-state index in [1.165, 1.54) is 4.57 Å². The minimum atomic E-state index is -0.754. The van der Waals surface area contributed by atoms with E-state index in [0.717, 1.165) is 5.56 Å². The van der Waals surface area contributed by atoms with Crippen molar-refractivity contribution in [1.82, 2.24) is 19.5 Å². The number of imidazole rings is 1. The van der Waals surface area contributed by atoms with Crippen molar-refractivity contribution < 1.29 is 4.79 Å². The molecule has 0 spiro atoms. The molecule has 2 aromatic heterocycles. The van der Waals surface area contributed by atoms with E-state index < -0.39 is 11.6 Å². The molecule has 0 unspecified atom stereocenters. The summed E-state index contributed by atoms with van der Waals surface area (Å²) >= 11 is 6.06. The molecule has 3 N–H and O–H groups in total. The lowest BCUT2D eigenvalue weighted by Gasteiger charge is -2.07. The summed E-state index contributed by atoms with van der Waals surface area (Å²) in [7, 11) is 0. The lowest BCUT2D eigenvalue weighted by atomic mass is 10.1. The normalized spacial score (nSPS) is 11.0. The van der Waals surface area contributed by atoms with Crippen molar-refractivity contribution in [2.75, 3.05) is 0 Å². The fraction of sp³-hybridized carbons (Fsp3) is 0.0526. The molecule has 2 heterocycles. The van der Waals surface area contributed by atoms with E-state index in [1.54, 1.807) is 24.3 Å². The summed E-state index contributed by atoms with van der Waals surface area (Å²) in [5.41, 5.74) is 7.71. The van der Waals surface area contributed by atoms with Crippen LogP contribution in [0.5, 0.6) is 0 Å². The standard InChI is InChI=1S/C19H14ClN5O2/c1-10-5-7-11(8-6-10)17-22-14(16(21)26)15-18(24-17)25(19(27)23-15)13-4-2-3-12(20)9-13/h2-9H,1H3,(H2,21,26)(H,23,27). The molecule has 0 bridgehead atoms. The topological polar surface area (TPSA) is 107 Å². The smallest absolute Gasteiger partial charge is 0.332 e. The minimum Gasteiger partial charge on any atom is -0.364 e. The van der Waals surface area contributed by atoms with Crippen LogP contribution in [-0.4, -0.2) is 25.4 Å². The number of benzene rings is 2. The van der Waals surface area contributed by atoms with Gasteiger partial charge in [-0.15, -0.1) is 0 Å². The van der Waals surface area contributed by atoms with Gasteiger partial charge >= 0.3 is 5.69 Å². The molecule has 2 aromatic carbocycles. The summed E-state index contributed by atoms with van der Waals surface area (Å²) in [6.07, 6.45) is 0. The maximum atomic E-state index is 12.6. The number of nitrogens with zero attached hydrogens (tertiary/aromatic N) is 3. The molecule has 7 nitrogen and oxygen atoms in total. The Balaban J connectivity index is 2.06. The maximum Gasteiger partial charge on any atom is 0.332 e. The second kappa shape index (κ2) is 6.37. The Hall–Kier alpha value is -3.45. The molecule has 0 saturated heterocycles. The Morgan fingerprint density at radius 1 is 1.15 bits per heavy atom.